The van der Waals surface area contributed by atoms with Crippen LogP contribution in [-0.4, -0.2) is 10.9 Å². The molecule has 0 heterocycles. The van der Waals surface area contributed by atoms with Crippen molar-refractivity contribution in [3.63, 3.8) is 0 Å². The molecule has 0 spiro atoms. The normalized spacial score (nSPS) is 11.0. The van der Waals surface area contributed by atoms with Crippen molar-refractivity contribution in [1.82, 2.24) is 0 Å². The monoisotopic (exact) mass is 228 g/mol. The zero-order valence-corrected chi connectivity index (χ0v) is 9.98. The van der Waals surface area contributed by atoms with E-state index in [2.05, 4.69) is 13.8 Å². The van der Waals surface area contributed by atoms with E-state index in [4.69, 9.17) is 5.11 Å². The SMILES string of the molecule is CC(C)CCSc1ccc(CO)cc1F. The van der Waals surface area contributed by atoms with E-state index < -0.39 is 0 Å². The van der Waals surface area contributed by atoms with E-state index in [0.29, 0.717) is 16.4 Å². The van der Waals surface area contributed by atoms with Crippen LogP contribution in [0.25, 0.3) is 0 Å². The Bertz CT molecular complexity index is 312. The van der Waals surface area contributed by atoms with E-state index in [1.165, 1.54) is 17.8 Å². The quantitative estimate of drug-likeness (QED) is 0.779. The second-order valence-corrected chi connectivity index (χ2v) is 5.09. The third-order valence-corrected chi connectivity index (χ3v) is 3.21. The van der Waals surface area contributed by atoms with E-state index in [1.54, 1.807) is 12.1 Å². The molecular formula is C12H17FOS. The van der Waals surface area contributed by atoms with Gasteiger partial charge in [-0.05, 0) is 35.8 Å². The van der Waals surface area contributed by atoms with Gasteiger partial charge in [0.25, 0.3) is 0 Å². The Labute approximate surface area is 94.7 Å². The molecule has 1 rings (SSSR count). The summed E-state index contributed by atoms with van der Waals surface area (Å²) in [7, 11) is 0. The van der Waals surface area contributed by atoms with Crippen molar-refractivity contribution < 1.29 is 9.50 Å². The highest BCUT2D eigenvalue weighted by atomic mass is 32.2. The predicted molar refractivity (Wildman–Crippen MR) is 62.5 cm³/mol. The summed E-state index contributed by atoms with van der Waals surface area (Å²) in [6.07, 6.45) is 1.09. The summed E-state index contributed by atoms with van der Waals surface area (Å²) in [5.41, 5.74) is 0.626. The number of benzene rings is 1. The molecule has 84 valence electrons. The molecule has 0 fully saturated rings. The molecule has 1 N–H and O–H groups in total. The first-order chi connectivity index (χ1) is 7.13. The van der Waals surface area contributed by atoms with Gasteiger partial charge in [-0.2, -0.15) is 0 Å². The molecule has 1 nitrogen and oxygen atoms in total. The first kappa shape index (κ1) is 12.5. The minimum Gasteiger partial charge on any atom is -0.392 e. The van der Waals surface area contributed by atoms with Crippen LogP contribution in [0.4, 0.5) is 4.39 Å². The first-order valence-electron chi connectivity index (χ1n) is 5.15. The van der Waals surface area contributed by atoms with Gasteiger partial charge in [-0.15, -0.1) is 11.8 Å². The Morgan fingerprint density at radius 3 is 2.67 bits per heavy atom. The van der Waals surface area contributed by atoms with Gasteiger partial charge in [-0.1, -0.05) is 19.9 Å². The van der Waals surface area contributed by atoms with Crippen LogP contribution in [0.5, 0.6) is 0 Å². The predicted octanol–water partition coefficient (Wildman–Crippen LogP) is 3.46. The second kappa shape index (κ2) is 6.13. The van der Waals surface area contributed by atoms with Crippen LogP contribution in [0.15, 0.2) is 23.1 Å². The molecule has 0 aromatic heterocycles. The van der Waals surface area contributed by atoms with Crippen LogP contribution >= 0.6 is 11.8 Å². The standard InChI is InChI=1S/C12H17FOS/c1-9(2)5-6-15-12-4-3-10(8-14)7-11(12)13/h3-4,7,9,14H,5-6,8H2,1-2H3. The molecule has 0 saturated heterocycles. The molecule has 0 bridgehead atoms. The van der Waals surface area contributed by atoms with Gasteiger partial charge < -0.3 is 5.11 Å². The van der Waals surface area contributed by atoms with Crippen LogP contribution < -0.4 is 0 Å². The number of thioether (sulfide) groups is 1. The van der Waals surface area contributed by atoms with Crippen LogP contribution in [0.1, 0.15) is 25.8 Å². The summed E-state index contributed by atoms with van der Waals surface area (Å²) in [5.74, 6) is 1.36. The molecule has 0 unspecified atom stereocenters. The Kier molecular flexibility index (Phi) is 5.12. The molecule has 3 heteroatoms. The Balaban J connectivity index is 2.54. The lowest BCUT2D eigenvalue weighted by Crippen LogP contribution is -1.92. The third-order valence-electron chi connectivity index (χ3n) is 2.13. The Hall–Kier alpha value is -0.540. The highest BCUT2D eigenvalue weighted by Gasteiger charge is 2.04. The van der Waals surface area contributed by atoms with Gasteiger partial charge >= 0.3 is 0 Å². The molecule has 0 radical (unpaired) electrons. The van der Waals surface area contributed by atoms with Crippen molar-refractivity contribution in [2.45, 2.75) is 31.8 Å². The second-order valence-electron chi connectivity index (χ2n) is 3.95. The summed E-state index contributed by atoms with van der Waals surface area (Å²) < 4.78 is 13.4. The van der Waals surface area contributed by atoms with Crippen molar-refractivity contribution in [1.29, 1.82) is 0 Å². The molecular weight excluding hydrogens is 211 g/mol. The molecule has 0 saturated carbocycles. The molecule has 0 atom stereocenters. The summed E-state index contributed by atoms with van der Waals surface area (Å²) in [6.45, 7) is 4.21. The molecule has 0 amide bonds. The smallest absolute Gasteiger partial charge is 0.137 e. The van der Waals surface area contributed by atoms with E-state index in [-0.39, 0.29) is 12.4 Å². The number of hydrogen-bond acceptors (Lipinski definition) is 2. The van der Waals surface area contributed by atoms with Crippen molar-refractivity contribution in [2.24, 2.45) is 5.92 Å². The number of aliphatic hydroxyl groups excluding tert-OH is 1. The van der Waals surface area contributed by atoms with Crippen molar-refractivity contribution >= 4 is 11.8 Å². The maximum absolute atomic E-state index is 13.4. The van der Waals surface area contributed by atoms with E-state index >= 15 is 0 Å². The largest absolute Gasteiger partial charge is 0.392 e. The van der Waals surface area contributed by atoms with Gasteiger partial charge in [0.2, 0.25) is 0 Å². The number of aliphatic hydroxyl groups is 1. The minimum atomic E-state index is -0.227. The highest BCUT2D eigenvalue weighted by molar-refractivity contribution is 7.99. The van der Waals surface area contributed by atoms with Crippen LogP contribution in [0.2, 0.25) is 0 Å². The van der Waals surface area contributed by atoms with Crippen LogP contribution in [0.3, 0.4) is 0 Å². The summed E-state index contributed by atoms with van der Waals surface area (Å²) in [6, 6.07) is 4.91. The van der Waals surface area contributed by atoms with Crippen LogP contribution in [0, 0.1) is 11.7 Å². The topological polar surface area (TPSA) is 20.2 Å². The maximum Gasteiger partial charge on any atom is 0.137 e. The van der Waals surface area contributed by atoms with Gasteiger partial charge in [0.15, 0.2) is 0 Å². The molecule has 15 heavy (non-hydrogen) atoms. The van der Waals surface area contributed by atoms with Crippen molar-refractivity contribution in [3.05, 3.63) is 29.6 Å². The molecule has 1 aromatic rings. The van der Waals surface area contributed by atoms with Gasteiger partial charge in [0.05, 0.1) is 6.61 Å². The summed E-state index contributed by atoms with van der Waals surface area (Å²) >= 11 is 1.54. The first-order valence-corrected chi connectivity index (χ1v) is 6.14. The van der Waals surface area contributed by atoms with Crippen LogP contribution in [-0.2, 0) is 6.61 Å². The van der Waals surface area contributed by atoms with Gasteiger partial charge in [-0.3, -0.25) is 0 Å². The Morgan fingerprint density at radius 1 is 1.40 bits per heavy atom. The Morgan fingerprint density at radius 2 is 2.13 bits per heavy atom. The highest BCUT2D eigenvalue weighted by Crippen LogP contribution is 2.24. The van der Waals surface area contributed by atoms with Crippen molar-refractivity contribution in [3.8, 4) is 0 Å². The van der Waals surface area contributed by atoms with Gasteiger partial charge in [0, 0.05) is 4.90 Å². The molecule has 0 aliphatic carbocycles. The lowest BCUT2D eigenvalue weighted by molar-refractivity contribution is 0.281. The van der Waals surface area contributed by atoms with Crippen molar-refractivity contribution in [2.75, 3.05) is 5.75 Å². The molecule has 1 aromatic carbocycles. The zero-order valence-electron chi connectivity index (χ0n) is 9.16. The fraction of sp³-hybridized carbons (Fsp3) is 0.500. The van der Waals surface area contributed by atoms with E-state index in [1.807, 2.05) is 0 Å². The number of rotatable bonds is 5. The fourth-order valence-corrected chi connectivity index (χ4v) is 2.33. The lowest BCUT2D eigenvalue weighted by Gasteiger charge is -2.06. The minimum absolute atomic E-state index is 0.103. The summed E-state index contributed by atoms with van der Waals surface area (Å²) in [5, 5.41) is 8.83. The molecule has 0 aliphatic rings. The average Bonchev–Trinajstić information content (AvgIpc) is 2.20. The van der Waals surface area contributed by atoms with E-state index in [9.17, 15) is 4.39 Å². The fourth-order valence-electron chi connectivity index (χ4n) is 1.16. The zero-order chi connectivity index (χ0) is 11.3. The third kappa shape index (κ3) is 4.22. The number of hydrogen-bond donors (Lipinski definition) is 1. The summed E-state index contributed by atoms with van der Waals surface area (Å²) in [4.78, 5) is 0.674. The van der Waals surface area contributed by atoms with Gasteiger partial charge in [0.1, 0.15) is 5.82 Å². The lowest BCUT2D eigenvalue weighted by atomic mass is 10.2. The van der Waals surface area contributed by atoms with E-state index in [0.717, 1.165) is 12.2 Å². The average molecular weight is 228 g/mol. The molecule has 0 aliphatic heterocycles. The number of halogens is 1. The maximum atomic E-state index is 13.4. The van der Waals surface area contributed by atoms with Gasteiger partial charge in [-0.25, -0.2) is 4.39 Å².